The molecule has 1 aromatic rings. The molecule has 0 bridgehead atoms. The molecule has 0 radical (unpaired) electrons. The Morgan fingerprint density at radius 2 is 2.25 bits per heavy atom. The van der Waals surface area contributed by atoms with E-state index in [1.165, 1.54) is 0 Å². The molecule has 1 fully saturated rings. The zero-order chi connectivity index (χ0) is 17.7. The predicted molar refractivity (Wildman–Crippen MR) is 95.2 cm³/mol. The Kier molecular flexibility index (Phi) is 6.77. The predicted octanol–water partition coefficient (Wildman–Crippen LogP) is 1.44. The Labute approximate surface area is 144 Å². The number of morpholine rings is 1. The summed E-state index contributed by atoms with van der Waals surface area (Å²) < 4.78 is 7.66. The lowest BCUT2D eigenvalue weighted by Gasteiger charge is -2.37. The van der Waals surface area contributed by atoms with Crippen molar-refractivity contribution in [2.24, 2.45) is 0 Å². The zero-order valence-corrected chi connectivity index (χ0v) is 15.5. The highest BCUT2D eigenvalue weighted by molar-refractivity contribution is 5.93. The first kappa shape index (κ1) is 18.9. The number of hydrogen-bond acceptors (Lipinski definition) is 5. The van der Waals surface area contributed by atoms with Crippen LogP contribution in [-0.2, 0) is 9.53 Å². The van der Waals surface area contributed by atoms with E-state index < -0.39 is 0 Å². The van der Waals surface area contributed by atoms with E-state index in [4.69, 9.17) is 4.74 Å². The largest absolute Gasteiger partial charge is 0.374 e. The first-order valence-electron chi connectivity index (χ1n) is 8.77. The molecule has 136 valence electrons. The highest BCUT2D eigenvalue weighted by atomic mass is 16.5. The first-order valence-corrected chi connectivity index (χ1v) is 8.77. The summed E-state index contributed by atoms with van der Waals surface area (Å²) in [5.41, 5.74) is 0. The second kappa shape index (κ2) is 8.60. The summed E-state index contributed by atoms with van der Waals surface area (Å²) >= 11 is 0. The average molecular weight is 337 g/mol. The van der Waals surface area contributed by atoms with E-state index in [-0.39, 0.29) is 24.1 Å². The highest BCUT2D eigenvalue weighted by Crippen LogP contribution is 2.17. The molecular formula is C17H31N5O2. The van der Waals surface area contributed by atoms with Crippen molar-refractivity contribution in [3.8, 4) is 0 Å². The molecule has 1 aliphatic rings. The van der Waals surface area contributed by atoms with Crippen LogP contribution in [0.1, 0.15) is 33.2 Å². The molecule has 0 aliphatic carbocycles. The summed E-state index contributed by atoms with van der Waals surface area (Å²) in [5.74, 6) is 0.768. The van der Waals surface area contributed by atoms with E-state index >= 15 is 0 Å². The van der Waals surface area contributed by atoms with Crippen molar-refractivity contribution in [3.63, 3.8) is 0 Å². The molecule has 1 amide bonds. The molecule has 1 aromatic heterocycles. The van der Waals surface area contributed by atoms with Gasteiger partial charge in [-0.3, -0.25) is 9.69 Å². The van der Waals surface area contributed by atoms with Crippen LogP contribution in [0.25, 0.3) is 0 Å². The summed E-state index contributed by atoms with van der Waals surface area (Å²) in [6, 6.07) is 1.92. The SMILES string of the molecule is CC[C@H](C)n1nccc1NC(=O)[C@@H](C)N1CCO[C@@H](CN(C)C)C1. The maximum atomic E-state index is 12.7. The molecule has 0 unspecified atom stereocenters. The van der Waals surface area contributed by atoms with E-state index in [2.05, 4.69) is 34.1 Å². The molecule has 1 saturated heterocycles. The number of amides is 1. The molecule has 0 spiro atoms. The van der Waals surface area contributed by atoms with Crippen LogP contribution in [0.15, 0.2) is 12.3 Å². The van der Waals surface area contributed by atoms with Crippen molar-refractivity contribution < 1.29 is 9.53 Å². The minimum atomic E-state index is -0.196. The molecule has 2 rings (SSSR count). The number of anilines is 1. The average Bonchev–Trinajstić information content (AvgIpc) is 3.01. The second-order valence-corrected chi connectivity index (χ2v) is 6.83. The monoisotopic (exact) mass is 337 g/mol. The fourth-order valence-corrected chi connectivity index (χ4v) is 2.95. The minimum Gasteiger partial charge on any atom is -0.374 e. The van der Waals surface area contributed by atoms with Crippen molar-refractivity contribution in [3.05, 3.63) is 12.3 Å². The molecule has 1 aliphatic heterocycles. The van der Waals surface area contributed by atoms with Crippen LogP contribution in [0, 0.1) is 0 Å². The lowest BCUT2D eigenvalue weighted by molar-refractivity contribution is -0.124. The van der Waals surface area contributed by atoms with Gasteiger partial charge in [0, 0.05) is 25.7 Å². The number of nitrogens with one attached hydrogen (secondary N) is 1. The fourth-order valence-electron chi connectivity index (χ4n) is 2.95. The van der Waals surface area contributed by atoms with Gasteiger partial charge in [-0.25, -0.2) is 4.68 Å². The minimum absolute atomic E-state index is 0.00514. The van der Waals surface area contributed by atoms with Gasteiger partial charge in [0.15, 0.2) is 0 Å². The van der Waals surface area contributed by atoms with Crippen molar-refractivity contribution in [1.29, 1.82) is 0 Å². The van der Waals surface area contributed by atoms with Crippen LogP contribution in [-0.4, -0.2) is 78.0 Å². The van der Waals surface area contributed by atoms with Gasteiger partial charge in [0.05, 0.1) is 31.0 Å². The number of nitrogens with zero attached hydrogens (tertiary/aromatic N) is 4. The number of aromatic nitrogens is 2. The maximum Gasteiger partial charge on any atom is 0.242 e. The van der Waals surface area contributed by atoms with Gasteiger partial charge >= 0.3 is 0 Å². The Morgan fingerprint density at radius 1 is 1.50 bits per heavy atom. The number of hydrogen-bond donors (Lipinski definition) is 1. The van der Waals surface area contributed by atoms with Gasteiger partial charge in [0.2, 0.25) is 5.91 Å². The number of carbonyl (C=O) groups excluding carboxylic acids is 1. The molecule has 0 aromatic carbocycles. The Morgan fingerprint density at radius 3 is 2.92 bits per heavy atom. The fraction of sp³-hybridized carbons (Fsp3) is 0.765. The molecule has 0 saturated carbocycles. The number of likely N-dealkylation sites (N-methyl/N-ethyl adjacent to an activating group) is 1. The van der Waals surface area contributed by atoms with E-state index in [1.807, 2.05) is 31.8 Å². The van der Waals surface area contributed by atoms with Gasteiger partial charge in [-0.15, -0.1) is 0 Å². The second-order valence-electron chi connectivity index (χ2n) is 6.83. The molecule has 24 heavy (non-hydrogen) atoms. The van der Waals surface area contributed by atoms with Crippen LogP contribution in [0.5, 0.6) is 0 Å². The van der Waals surface area contributed by atoms with Crippen molar-refractivity contribution in [1.82, 2.24) is 19.6 Å². The third-order valence-corrected chi connectivity index (χ3v) is 4.60. The molecule has 1 N–H and O–H groups in total. The van der Waals surface area contributed by atoms with Crippen molar-refractivity contribution in [2.75, 3.05) is 45.7 Å². The van der Waals surface area contributed by atoms with Crippen LogP contribution in [0.2, 0.25) is 0 Å². The molecular weight excluding hydrogens is 306 g/mol. The van der Waals surface area contributed by atoms with E-state index in [9.17, 15) is 4.79 Å². The molecule has 2 heterocycles. The van der Waals surface area contributed by atoms with E-state index in [0.717, 1.165) is 31.9 Å². The van der Waals surface area contributed by atoms with E-state index in [1.54, 1.807) is 6.20 Å². The van der Waals surface area contributed by atoms with Gasteiger partial charge in [-0.05, 0) is 34.4 Å². The summed E-state index contributed by atoms with van der Waals surface area (Å²) in [6.45, 7) is 9.25. The number of rotatable bonds is 7. The van der Waals surface area contributed by atoms with Gasteiger partial charge < -0.3 is 15.0 Å². The van der Waals surface area contributed by atoms with Gasteiger partial charge in [0.25, 0.3) is 0 Å². The first-order chi connectivity index (χ1) is 11.4. The Balaban J connectivity index is 1.96. The molecule has 7 nitrogen and oxygen atoms in total. The van der Waals surface area contributed by atoms with Crippen molar-refractivity contribution in [2.45, 2.75) is 45.4 Å². The smallest absolute Gasteiger partial charge is 0.242 e. The van der Waals surface area contributed by atoms with Crippen LogP contribution in [0.3, 0.4) is 0 Å². The summed E-state index contributed by atoms with van der Waals surface area (Å²) in [7, 11) is 4.07. The summed E-state index contributed by atoms with van der Waals surface area (Å²) in [4.78, 5) is 17.0. The zero-order valence-electron chi connectivity index (χ0n) is 15.5. The third kappa shape index (κ3) is 4.78. The summed E-state index contributed by atoms with van der Waals surface area (Å²) in [6.07, 6.45) is 2.85. The van der Waals surface area contributed by atoms with Gasteiger partial charge in [0.1, 0.15) is 5.82 Å². The van der Waals surface area contributed by atoms with E-state index in [0.29, 0.717) is 6.61 Å². The normalized spacial score (nSPS) is 21.7. The Hall–Kier alpha value is -1.44. The third-order valence-electron chi connectivity index (χ3n) is 4.60. The standard InChI is InChI=1S/C17H31N5O2/c1-6-13(2)22-16(7-8-18-22)19-17(23)14(3)21-9-10-24-15(12-21)11-20(4)5/h7-8,13-15H,6,9-12H2,1-5H3,(H,19,23)/t13-,14+,15-/m0/s1. The number of carbonyl (C=O) groups is 1. The summed E-state index contributed by atoms with van der Waals surface area (Å²) in [5, 5.41) is 7.35. The number of ether oxygens (including phenoxy) is 1. The lowest BCUT2D eigenvalue weighted by atomic mass is 10.2. The quantitative estimate of drug-likeness (QED) is 0.816. The lowest BCUT2D eigenvalue weighted by Crippen LogP contribution is -2.52. The Bertz CT molecular complexity index is 531. The van der Waals surface area contributed by atoms with Gasteiger partial charge in [-0.1, -0.05) is 6.92 Å². The highest BCUT2D eigenvalue weighted by Gasteiger charge is 2.28. The topological polar surface area (TPSA) is 62.6 Å². The van der Waals surface area contributed by atoms with Crippen molar-refractivity contribution >= 4 is 11.7 Å². The maximum absolute atomic E-state index is 12.7. The molecule has 7 heteroatoms. The molecule has 3 atom stereocenters. The van der Waals surface area contributed by atoms with Crippen LogP contribution in [0.4, 0.5) is 5.82 Å². The van der Waals surface area contributed by atoms with Gasteiger partial charge in [-0.2, -0.15) is 5.10 Å². The van der Waals surface area contributed by atoms with Crippen LogP contribution >= 0.6 is 0 Å². The van der Waals surface area contributed by atoms with Crippen LogP contribution < -0.4 is 5.32 Å².